The summed E-state index contributed by atoms with van der Waals surface area (Å²) in [5.74, 6) is -1.88. The lowest BCUT2D eigenvalue weighted by Crippen LogP contribution is -2.17. The van der Waals surface area contributed by atoms with Gasteiger partial charge in [-0.05, 0) is 17.5 Å². The molecule has 0 saturated heterocycles. The van der Waals surface area contributed by atoms with Crippen LogP contribution in [0.15, 0.2) is 30.9 Å². The van der Waals surface area contributed by atoms with E-state index in [9.17, 15) is 19.8 Å². The van der Waals surface area contributed by atoms with E-state index < -0.39 is 11.9 Å². The lowest BCUT2D eigenvalue weighted by molar-refractivity contribution is -0.143. The lowest BCUT2D eigenvalue weighted by Gasteiger charge is -2.07. The van der Waals surface area contributed by atoms with Crippen molar-refractivity contribution < 1.29 is 24.5 Å². The molecule has 2 aromatic rings. The maximum atomic E-state index is 12.2. The summed E-state index contributed by atoms with van der Waals surface area (Å²) in [6.07, 6.45) is 1.36. The van der Waals surface area contributed by atoms with Crippen LogP contribution in [0.3, 0.4) is 0 Å². The Morgan fingerprint density at radius 1 is 1.33 bits per heavy atom. The van der Waals surface area contributed by atoms with E-state index in [4.69, 9.17) is 0 Å². The number of phenols is 2. The van der Waals surface area contributed by atoms with Crippen LogP contribution in [-0.2, 0) is 9.53 Å². The number of esters is 1. The van der Waals surface area contributed by atoms with Crippen molar-refractivity contribution in [2.45, 2.75) is 6.42 Å². The number of hydrogen-bond acceptors (Lipinski definition) is 6. The highest BCUT2D eigenvalue weighted by Crippen LogP contribution is 2.35. The number of ketones is 1. The van der Waals surface area contributed by atoms with Gasteiger partial charge in [-0.2, -0.15) is 0 Å². The molecule has 2 N–H and O–H groups in total. The fraction of sp³-hybridized carbons (Fsp3) is 0.200. The fourth-order valence-corrected chi connectivity index (χ4v) is 2.94. The van der Waals surface area contributed by atoms with Crippen molar-refractivity contribution in [1.82, 2.24) is 0 Å². The Kier molecular flexibility index (Phi) is 4.28. The van der Waals surface area contributed by atoms with Gasteiger partial charge in [-0.1, -0.05) is 6.08 Å². The topological polar surface area (TPSA) is 83.8 Å². The third kappa shape index (κ3) is 3.05. The molecule has 1 atom stereocenters. The van der Waals surface area contributed by atoms with Crippen LogP contribution in [0.4, 0.5) is 0 Å². The van der Waals surface area contributed by atoms with E-state index >= 15 is 0 Å². The summed E-state index contributed by atoms with van der Waals surface area (Å²) >= 11 is 1.19. The summed E-state index contributed by atoms with van der Waals surface area (Å²) in [6.45, 7) is 3.53. The summed E-state index contributed by atoms with van der Waals surface area (Å²) in [7, 11) is 1.26. The molecule has 0 bridgehead atoms. The Bertz CT molecular complexity index is 677. The van der Waals surface area contributed by atoms with E-state index in [0.717, 1.165) is 0 Å². The van der Waals surface area contributed by atoms with Gasteiger partial charge in [0.1, 0.15) is 0 Å². The number of ether oxygens (including phenoxy) is 1. The normalized spacial score (nSPS) is 12.0. The maximum absolute atomic E-state index is 12.2. The largest absolute Gasteiger partial charge is 0.504 e. The fourth-order valence-electron chi connectivity index (χ4n) is 1.92. The van der Waals surface area contributed by atoms with Gasteiger partial charge < -0.3 is 14.9 Å². The molecule has 0 aliphatic heterocycles. The van der Waals surface area contributed by atoms with Crippen molar-refractivity contribution in [2.75, 3.05) is 7.11 Å². The molecule has 0 saturated carbocycles. The van der Waals surface area contributed by atoms with Crippen LogP contribution in [0.25, 0.3) is 10.1 Å². The van der Waals surface area contributed by atoms with Crippen LogP contribution in [-0.4, -0.2) is 29.1 Å². The minimum atomic E-state index is -0.686. The van der Waals surface area contributed by atoms with Gasteiger partial charge >= 0.3 is 5.97 Å². The van der Waals surface area contributed by atoms with Crippen LogP contribution in [0.2, 0.25) is 0 Å². The second-order valence-electron chi connectivity index (χ2n) is 4.48. The average molecular weight is 306 g/mol. The summed E-state index contributed by atoms with van der Waals surface area (Å²) in [6, 6.07) is 4.42. The minimum Gasteiger partial charge on any atom is -0.504 e. The number of fused-ring (bicyclic) bond motifs is 1. The molecule has 0 amide bonds. The predicted octanol–water partition coefficient (Wildman–Crippen LogP) is 2.86. The number of aromatic hydroxyl groups is 2. The quantitative estimate of drug-likeness (QED) is 0.384. The molecular formula is C15H14O5S. The smallest absolute Gasteiger partial charge is 0.312 e. The van der Waals surface area contributed by atoms with E-state index in [-0.39, 0.29) is 23.7 Å². The van der Waals surface area contributed by atoms with Crippen molar-refractivity contribution >= 4 is 33.2 Å². The molecule has 2 rings (SSSR count). The van der Waals surface area contributed by atoms with E-state index in [1.54, 1.807) is 6.07 Å². The van der Waals surface area contributed by atoms with Crippen molar-refractivity contribution in [3.63, 3.8) is 0 Å². The number of carbonyl (C=O) groups excluding carboxylic acids is 2. The SMILES string of the molecule is C=C[C@@H](CC(=O)c1cc2cc(O)c(O)cc2s1)C(=O)OC. The summed E-state index contributed by atoms with van der Waals surface area (Å²) < 4.78 is 5.29. The molecule has 0 aliphatic rings. The Morgan fingerprint density at radius 3 is 2.62 bits per heavy atom. The second kappa shape index (κ2) is 5.97. The number of benzene rings is 1. The molecule has 0 aliphatic carbocycles. The molecule has 0 fully saturated rings. The first kappa shape index (κ1) is 15.1. The van der Waals surface area contributed by atoms with Gasteiger partial charge in [0.15, 0.2) is 17.3 Å². The Labute approximate surface area is 125 Å². The molecule has 1 aromatic heterocycles. The molecule has 0 unspecified atom stereocenters. The zero-order valence-electron chi connectivity index (χ0n) is 11.3. The maximum Gasteiger partial charge on any atom is 0.312 e. The average Bonchev–Trinajstić information content (AvgIpc) is 2.87. The van der Waals surface area contributed by atoms with E-state index in [2.05, 4.69) is 11.3 Å². The second-order valence-corrected chi connectivity index (χ2v) is 5.57. The Hall–Kier alpha value is -2.34. The van der Waals surface area contributed by atoms with Gasteiger partial charge in [-0.25, -0.2) is 0 Å². The Morgan fingerprint density at radius 2 is 2.00 bits per heavy atom. The third-order valence-electron chi connectivity index (χ3n) is 3.08. The van der Waals surface area contributed by atoms with Crippen molar-refractivity contribution in [2.24, 2.45) is 5.92 Å². The number of methoxy groups -OCH3 is 1. The van der Waals surface area contributed by atoms with E-state index in [0.29, 0.717) is 15.0 Å². The van der Waals surface area contributed by atoms with Gasteiger partial charge in [0.25, 0.3) is 0 Å². The zero-order chi connectivity index (χ0) is 15.6. The van der Waals surface area contributed by atoms with Crippen LogP contribution in [0.5, 0.6) is 11.5 Å². The molecule has 0 radical (unpaired) electrons. The molecule has 0 spiro atoms. The van der Waals surface area contributed by atoms with Crippen molar-refractivity contribution in [3.8, 4) is 11.5 Å². The highest BCUT2D eigenvalue weighted by molar-refractivity contribution is 7.20. The lowest BCUT2D eigenvalue weighted by atomic mass is 10.0. The molecule has 110 valence electrons. The first-order chi connectivity index (χ1) is 9.96. The van der Waals surface area contributed by atoms with Gasteiger partial charge in [-0.15, -0.1) is 17.9 Å². The van der Waals surface area contributed by atoms with Gasteiger partial charge in [0, 0.05) is 17.2 Å². The number of Topliss-reactive ketones (excluding diaryl/α,β-unsaturated/α-hetero) is 1. The zero-order valence-corrected chi connectivity index (χ0v) is 12.1. The van der Waals surface area contributed by atoms with Gasteiger partial charge in [0.2, 0.25) is 0 Å². The van der Waals surface area contributed by atoms with Crippen LogP contribution < -0.4 is 0 Å². The number of hydrogen-bond donors (Lipinski definition) is 2. The predicted molar refractivity (Wildman–Crippen MR) is 79.8 cm³/mol. The van der Waals surface area contributed by atoms with Gasteiger partial charge in [-0.3, -0.25) is 9.59 Å². The number of phenolic OH excluding ortho intramolecular Hbond substituents is 2. The monoisotopic (exact) mass is 306 g/mol. The number of rotatable bonds is 5. The molecule has 1 heterocycles. The molecular weight excluding hydrogens is 292 g/mol. The summed E-state index contributed by atoms with van der Waals surface area (Å²) in [5.41, 5.74) is 0. The molecule has 21 heavy (non-hydrogen) atoms. The minimum absolute atomic E-state index is 0.0268. The first-order valence-electron chi connectivity index (χ1n) is 6.15. The van der Waals surface area contributed by atoms with Crippen molar-refractivity contribution in [3.05, 3.63) is 35.7 Å². The highest BCUT2D eigenvalue weighted by Gasteiger charge is 2.21. The van der Waals surface area contributed by atoms with E-state index in [1.165, 1.54) is 36.7 Å². The standard InChI is InChI=1S/C15H14O5S/c1-3-8(15(19)20-2)4-12(18)14-6-9-5-10(16)11(17)7-13(9)21-14/h3,5-8,16-17H,1,4H2,2H3/t8-/m0/s1. The molecule has 6 heteroatoms. The van der Waals surface area contributed by atoms with Crippen LogP contribution in [0.1, 0.15) is 16.1 Å². The van der Waals surface area contributed by atoms with Gasteiger partial charge in [0.05, 0.1) is 17.9 Å². The van der Waals surface area contributed by atoms with Crippen LogP contribution in [0, 0.1) is 5.92 Å². The highest BCUT2D eigenvalue weighted by atomic mass is 32.1. The summed E-state index contributed by atoms with van der Waals surface area (Å²) in [5, 5.41) is 19.6. The van der Waals surface area contributed by atoms with Crippen molar-refractivity contribution in [1.29, 1.82) is 0 Å². The first-order valence-corrected chi connectivity index (χ1v) is 6.97. The molecule has 1 aromatic carbocycles. The number of carbonyl (C=O) groups is 2. The Balaban J connectivity index is 2.27. The van der Waals surface area contributed by atoms with E-state index in [1.807, 2.05) is 0 Å². The third-order valence-corrected chi connectivity index (χ3v) is 4.22. The molecule has 5 nitrogen and oxygen atoms in total. The summed E-state index contributed by atoms with van der Waals surface area (Å²) in [4.78, 5) is 24.1. The number of thiophene rings is 1. The van der Waals surface area contributed by atoms with Crippen LogP contribution >= 0.6 is 11.3 Å².